The average Bonchev–Trinajstić information content (AvgIpc) is 3.32. The number of nitrogens with one attached hydrogen (secondary N) is 1. The second-order valence-corrected chi connectivity index (χ2v) is 11.1. The van der Waals surface area contributed by atoms with Crippen LogP contribution in [0.4, 0.5) is 11.4 Å². The van der Waals surface area contributed by atoms with Crippen LogP contribution >= 0.6 is 27.7 Å². The zero-order chi connectivity index (χ0) is 25.0. The van der Waals surface area contributed by atoms with Crippen molar-refractivity contribution in [2.75, 3.05) is 42.1 Å². The number of piperazine rings is 1. The van der Waals surface area contributed by atoms with Gasteiger partial charge < -0.3 is 19.5 Å². The predicted octanol–water partition coefficient (Wildman–Crippen LogP) is 4.92. The van der Waals surface area contributed by atoms with E-state index >= 15 is 0 Å². The van der Waals surface area contributed by atoms with Crippen molar-refractivity contribution in [2.24, 2.45) is 5.41 Å². The molecular weight excluding hydrogens is 530 g/mol. The Hall–Kier alpha value is -2.85. The number of rotatable bonds is 6. The van der Waals surface area contributed by atoms with Gasteiger partial charge >= 0.3 is 0 Å². The van der Waals surface area contributed by atoms with E-state index in [0.29, 0.717) is 24.2 Å². The van der Waals surface area contributed by atoms with E-state index in [9.17, 15) is 9.59 Å². The summed E-state index contributed by atoms with van der Waals surface area (Å²) in [5.74, 6) is 0.608. The number of carbonyl (C=O) groups is 2. The summed E-state index contributed by atoms with van der Waals surface area (Å²) in [5, 5.41) is 11.3. The Labute approximate surface area is 217 Å². The molecule has 3 aromatic rings. The molecule has 1 aliphatic rings. The molecule has 0 spiro atoms. The maximum atomic E-state index is 12.5. The van der Waals surface area contributed by atoms with E-state index in [1.54, 1.807) is 0 Å². The molecule has 8 nitrogen and oxygen atoms in total. The molecule has 10 heteroatoms. The number of anilines is 2. The van der Waals surface area contributed by atoms with E-state index in [1.165, 1.54) is 11.8 Å². The van der Waals surface area contributed by atoms with Crippen LogP contribution in [0.15, 0.2) is 62.6 Å². The number of halogens is 1. The molecule has 2 heterocycles. The first kappa shape index (κ1) is 25.2. The van der Waals surface area contributed by atoms with Crippen molar-refractivity contribution >= 4 is 50.9 Å². The van der Waals surface area contributed by atoms with E-state index in [4.69, 9.17) is 4.42 Å². The fraction of sp³-hybridized carbons (Fsp3) is 0.360. The number of benzene rings is 2. The van der Waals surface area contributed by atoms with Gasteiger partial charge in [-0.1, -0.05) is 54.5 Å². The van der Waals surface area contributed by atoms with Gasteiger partial charge in [0.25, 0.3) is 5.22 Å². The molecule has 0 radical (unpaired) electrons. The minimum Gasteiger partial charge on any atom is -0.411 e. The molecule has 35 heavy (non-hydrogen) atoms. The monoisotopic (exact) mass is 557 g/mol. The number of thioether (sulfide) groups is 1. The van der Waals surface area contributed by atoms with Crippen LogP contribution in [-0.4, -0.2) is 58.8 Å². The first-order chi connectivity index (χ1) is 16.7. The van der Waals surface area contributed by atoms with Gasteiger partial charge in [0.05, 0.1) is 5.75 Å². The molecule has 4 rings (SSSR count). The first-order valence-electron chi connectivity index (χ1n) is 11.4. The topological polar surface area (TPSA) is 91.6 Å². The smallest absolute Gasteiger partial charge is 0.277 e. The quantitative estimate of drug-likeness (QED) is 0.430. The second kappa shape index (κ2) is 10.8. The first-order valence-corrected chi connectivity index (χ1v) is 13.1. The molecule has 1 N–H and O–H groups in total. The van der Waals surface area contributed by atoms with Crippen molar-refractivity contribution in [3.8, 4) is 11.5 Å². The second-order valence-electron chi connectivity index (χ2n) is 9.30. The summed E-state index contributed by atoms with van der Waals surface area (Å²) in [6.45, 7) is 8.87. The number of hydrogen-bond donors (Lipinski definition) is 1. The van der Waals surface area contributed by atoms with Crippen LogP contribution < -0.4 is 10.2 Å². The summed E-state index contributed by atoms with van der Waals surface area (Å²) >= 11 is 4.62. The lowest BCUT2D eigenvalue weighted by atomic mass is 9.94. The minimum absolute atomic E-state index is 0.153. The molecule has 0 saturated carbocycles. The SMILES string of the molecule is CC(C)(C)C(=O)N1CCN(c2ccc(NC(=O)CSc3nnc(-c4cccc(Br)c4)o3)cc2)CC1. The summed E-state index contributed by atoms with van der Waals surface area (Å²) in [7, 11) is 0. The van der Waals surface area contributed by atoms with Crippen LogP contribution in [0.3, 0.4) is 0 Å². The number of hydrogen-bond acceptors (Lipinski definition) is 7. The molecule has 0 bridgehead atoms. The highest BCUT2D eigenvalue weighted by molar-refractivity contribution is 9.10. The van der Waals surface area contributed by atoms with Gasteiger partial charge in [-0.3, -0.25) is 9.59 Å². The fourth-order valence-corrected chi connectivity index (χ4v) is 4.69. The van der Waals surface area contributed by atoms with Crippen molar-refractivity contribution in [3.05, 3.63) is 53.0 Å². The molecule has 1 aromatic heterocycles. The Morgan fingerprint density at radius 3 is 2.43 bits per heavy atom. The van der Waals surface area contributed by atoms with Gasteiger partial charge in [0, 0.05) is 53.0 Å². The summed E-state index contributed by atoms with van der Waals surface area (Å²) in [4.78, 5) is 29.1. The van der Waals surface area contributed by atoms with Crippen molar-refractivity contribution in [1.82, 2.24) is 15.1 Å². The van der Waals surface area contributed by atoms with Gasteiger partial charge in [-0.05, 0) is 42.5 Å². The zero-order valence-electron chi connectivity index (χ0n) is 20.0. The minimum atomic E-state index is -0.356. The number of nitrogens with zero attached hydrogens (tertiary/aromatic N) is 4. The number of carbonyl (C=O) groups excluding carboxylic acids is 2. The van der Waals surface area contributed by atoms with Gasteiger partial charge in [-0.15, -0.1) is 10.2 Å². The molecule has 0 unspecified atom stereocenters. The Kier molecular flexibility index (Phi) is 7.81. The highest BCUT2D eigenvalue weighted by Gasteiger charge is 2.29. The van der Waals surface area contributed by atoms with Crippen molar-refractivity contribution in [2.45, 2.75) is 26.0 Å². The predicted molar refractivity (Wildman–Crippen MR) is 141 cm³/mol. The third-order valence-electron chi connectivity index (χ3n) is 5.53. The van der Waals surface area contributed by atoms with Crippen LogP contribution in [0, 0.1) is 5.41 Å². The summed E-state index contributed by atoms with van der Waals surface area (Å²) in [5.41, 5.74) is 2.25. The van der Waals surface area contributed by atoms with Gasteiger partial charge in [-0.2, -0.15) is 0 Å². The number of aromatic nitrogens is 2. The highest BCUT2D eigenvalue weighted by atomic mass is 79.9. The van der Waals surface area contributed by atoms with Gasteiger partial charge in [0.15, 0.2) is 0 Å². The average molecular weight is 559 g/mol. The van der Waals surface area contributed by atoms with Crippen LogP contribution in [0.25, 0.3) is 11.5 Å². The lowest BCUT2D eigenvalue weighted by Crippen LogP contribution is -2.51. The maximum Gasteiger partial charge on any atom is 0.277 e. The Balaban J connectivity index is 1.25. The Morgan fingerprint density at radius 1 is 1.06 bits per heavy atom. The molecule has 1 aliphatic heterocycles. The molecule has 0 atom stereocenters. The van der Waals surface area contributed by atoms with Crippen molar-refractivity contribution in [1.29, 1.82) is 0 Å². The van der Waals surface area contributed by atoms with Crippen LogP contribution in [0.5, 0.6) is 0 Å². The van der Waals surface area contributed by atoms with E-state index in [0.717, 1.165) is 34.5 Å². The lowest BCUT2D eigenvalue weighted by molar-refractivity contribution is -0.139. The largest absolute Gasteiger partial charge is 0.411 e. The van der Waals surface area contributed by atoms with E-state index in [2.05, 4.69) is 36.3 Å². The summed E-state index contributed by atoms with van der Waals surface area (Å²) in [6, 6.07) is 15.4. The summed E-state index contributed by atoms with van der Waals surface area (Å²) < 4.78 is 6.58. The standard InChI is InChI=1S/C25H28BrN5O3S/c1-25(2,3)23(33)31-13-11-30(12-14-31)20-9-7-19(8-10-20)27-21(32)16-35-24-29-28-22(34-24)17-5-4-6-18(26)15-17/h4-10,15H,11-14,16H2,1-3H3,(H,27,32). The van der Waals surface area contributed by atoms with Crippen LogP contribution in [-0.2, 0) is 9.59 Å². The summed E-state index contributed by atoms with van der Waals surface area (Å²) in [6.07, 6.45) is 0. The van der Waals surface area contributed by atoms with E-state index < -0.39 is 0 Å². The van der Waals surface area contributed by atoms with Crippen molar-refractivity contribution < 1.29 is 14.0 Å². The lowest BCUT2D eigenvalue weighted by Gasteiger charge is -2.38. The third-order valence-corrected chi connectivity index (χ3v) is 6.84. The Bertz CT molecular complexity index is 1180. The molecule has 0 aliphatic carbocycles. The highest BCUT2D eigenvalue weighted by Crippen LogP contribution is 2.26. The molecular formula is C25H28BrN5O3S. The molecule has 1 fully saturated rings. The fourth-order valence-electron chi connectivity index (χ4n) is 3.73. The van der Waals surface area contributed by atoms with E-state index in [-0.39, 0.29) is 23.0 Å². The van der Waals surface area contributed by atoms with E-state index in [1.807, 2.05) is 74.2 Å². The molecule has 184 valence electrons. The molecule has 1 saturated heterocycles. The van der Waals surface area contributed by atoms with Gasteiger partial charge in [0.1, 0.15) is 0 Å². The van der Waals surface area contributed by atoms with Gasteiger partial charge in [-0.25, -0.2) is 0 Å². The normalized spacial score (nSPS) is 14.2. The Morgan fingerprint density at radius 2 is 1.77 bits per heavy atom. The van der Waals surface area contributed by atoms with Crippen LogP contribution in [0.2, 0.25) is 0 Å². The van der Waals surface area contributed by atoms with Crippen LogP contribution in [0.1, 0.15) is 20.8 Å². The number of amides is 2. The maximum absolute atomic E-state index is 12.5. The zero-order valence-corrected chi connectivity index (χ0v) is 22.4. The molecule has 2 aromatic carbocycles. The third kappa shape index (κ3) is 6.64. The van der Waals surface area contributed by atoms with Gasteiger partial charge in [0.2, 0.25) is 17.7 Å². The molecule has 2 amide bonds. The van der Waals surface area contributed by atoms with Crippen molar-refractivity contribution in [3.63, 3.8) is 0 Å².